The number of carbonyl (C=O) groups is 1. The predicted molar refractivity (Wildman–Crippen MR) is 69.7 cm³/mol. The van der Waals surface area contributed by atoms with Crippen molar-refractivity contribution in [2.75, 3.05) is 0 Å². The molecule has 1 fully saturated rings. The molecule has 0 aromatic carbocycles. The molecule has 0 aromatic heterocycles. The van der Waals surface area contributed by atoms with Crippen LogP contribution in [0.3, 0.4) is 0 Å². The van der Waals surface area contributed by atoms with Crippen molar-refractivity contribution in [1.29, 1.82) is 0 Å². The van der Waals surface area contributed by atoms with E-state index >= 15 is 0 Å². The number of hydrogen-bond donors (Lipinski definition) is 1. The van der Waals surface area contributed by atoms with Gasteiger partial charge >= 0.3 is 0 Å². The van der Waals surface area contributed by atoms with E-state index in [1.807, 2.05) is 0 Å². The van der Waals surface area contributed by atoms with Crippen LogP contribution >= 0.6 is 0 Å². The van der Waals surface area contributed by atoms with Gasteiger partial charge in [-0.3, -0.25) is 4.79 Å². The summed E-state index contributed by atoms with van der Waals surface area (Å²) in [6.45, 7) is 2.25. The van der Waals surface area contributed by atoms with E-state index in [2.05, 4.69) is 6.92 Å². The number of nitrogens with two attached hydrogens (primary N) is 1. The van der Waals surface area contributed by atoms with Gasteiger partial charge in [0.05, 0.1) is 6.10 Å². The van der Waals surface area contributed by atoms with E-state index in [-0.39, 0.29) is 18.1 Å². The molecule has 0 radical (unpaired) electrons. The summed E-state index contributed by atoms with van der Waals surface area (Å²) in [5.74, 6) is -0.300. The van der Waals surface area contributed by atoms with Crippen LogP contribution < -0.4 is 5.73 Å². The molecule has 1 amide bonds. The maximum atomic E-state index is 10.7. The Hall–Kier alpha value is -0.570. The molecule has 3 heteroatoms. The summed E-state index contributed by atoms with van der Waals surface area (Å²) in [5, 5.41) is 0. The normalized spacial score (nSPS) is 22.6. The lowest BCUT2D eigenvalue weighted by Crippen LogP contribution is -2.19. The molecule has 0 bridgehead atoms. The third-order valence-electron chi connectivity index (χ3n) is 3.46. The second kappa shape index (κ2) is 8.51. The fourth-order valence-electron chi connectivity index (χ4n) is 2.27. The van der Waals surface area contributed by atoms with Crippen molar-refractivity contribution in [3.05, 3.63) is 0 Å². The van der Waals surface area contributed by atoms with Gasteiger partial charge in [-0.05, 0) is 6.42 Å². The molecule has 0 unspecified atom stereocenters. The first-order chi connectivity index (χ1) is 8.25. The predicted octanol–water partition coefficient (Wildman–Crippen LogP) is 3.16. The summed E-state index contributed by atoms with van der Waals surface area (Å²) in [5.41, 5.74) is 5.13. The largest absolute Gasteiger partial charge is 0.367 e. The summed E-state index contributed by atoms with van der Waals surface area (Å²) in [6.07, 6.45) is 12.8. The molecule has 3 nitrogen and oxygen atoms in total. The summed E-state index contributed by atoms with van der Waals surface area (Å²) < 4.78 is 5.18. The Bertz CT molecular complexity index is 218. The van der Waals surface area contributed by atoms with Gasteiger partial charge in [0.25, 0.3) is 0 Å². The monoisotopic (exact) mass is 241 g/mol. The highest BCUT2D eigenvalue weighted by atomic mass is 16.6. The van der Waals surface area contributed by atoms with Gasteiger partial charge in [-0.15, -0.1) is 0 Å². The zero-order valence-corrected chi connectivity index (χ0v) is 11.1. The summed E-state index contributed by atoms with van der Waals surface area (Å²) in [4.78, 5) is 10.7. The van der Waals surface area contributed by atoms with Gasteiger partial charge in [0.15, 0.2) is 6.10 Å². The molecular formula is C14H27NO2. The van der Waals surface area contributed by atoms with Crippen molar-refractivity contribution >= 4 is 5.91 Å². The van der Waals surface area contributed by atoms with E-state index in [9.17, 15) is 4.79 Å². The van der Waals surface area contributed by atoms with Gasteiger partial charge in [0, 0.05) is 0 Å². The quantitative estimate of drug-likeness (QED) is 0.446. The number of amides is 1. The number of primary amides is 1. The van der Waals surface area contributed by atoms with Gasteiger partial charge in [0.1, 0.15) is 0 Å². The van der Waals surface area contributed by atoms with E-state index in [4.69, 9.17) is 10.5 Å². The van der Waals surface area contributed by atoms with Crippen LogP contribution in [0, 0.1) is 0 Å². The highest BCUT2D eigenvalue weighted by Crippen LogP contribution is 2.27. The Labute approximate surface area is 105 Å². The minimum atomic E-state index is -0.300. The molecule has 0 saturated carbocycles. The Morgan fingerprint density at radius 1 is 1.00 bits per heavy atom. The van der Waals surface area contributed by atoms with Crippen molar-refractivity contribution in [2.45, 2.75) is 83.3 Å². The van der Waals surface area contributed by atoms with Gasteiger partial charge in [-0.1, -0.05) is 64.7 Å². The van der Waals surface area contributed by atoms with Gasteiger partial charge in [-0.25, -0.2) is 0 Å². The van der Waals surface area contributed by atoms with Crippen molar-refractivity contribution in [3.8, 4) is 0 Å². The van der Waals surface area contributed by atoms with Crippen molar-refractivity contribution in [2.24, 2.45) is 5.73 Å². The number of rotatable bonds is 11. The molecule has 1 aliphatic rings. The van der Waals surface area contributed by atoms with Gasteiger partial charge < -0.3 is 10.5 Å². The van der Waals surface area contributed by atoms with E-state index in [1.54, 1.807) is 0 Å². The maximum absolute atomic E-state index is 10.7. The highest BCUT2D eigenvalue weighted by Gasteiger charge is 2.42. The van der Waals surface area contributed by atoms with Crippen LogP contribution in [0.4, 0.5) is 0 Å². The van der Waals surface area contributed by atoms with E-state index < -0.39 is 0 Å². The third kappa shape index (κ3) is 6.67. The summed E-state index contributed by atoms with van der Waals surface area (Å²) >= 11 is 0. The topological polar surface area (TPSA) is 55.6 Å². The van der Waals surface area contributed by atoms with Crippen molar-refractivity contribution in [3.63, 3.8) is 0 Å². The van der Waals surface area contributed by atoms with Gasteiger partial charge in [-0.2, -0.15) is 0 Å². The fraction of sp³-hybridized carbons (Fsp3) is 0.929. The molecule has 2 N–H and O–H groups in total. The standard InChI is InChI=1S/C14H27NO2/c1-2-3-4-5-6-7-8-9-10-11-12-13(17-12)14(15)16/h12-13H,2-11H2,1H3,(H2,15,16)/t12-,13+/m0/s1. The zero-order valence-electron chi connectivity index (χ0n) is 11.1. The summed E-state index contributed by atoms with van der Waals surface area (Å²) in [6, 6.07) is 0. The average Bonchev–Trinajstić information content (AvgIpc) is 3.06. The van der Waals surface area contributed by atoms with Crippen LogP contribution in [-0.4, -0.2) is 18.1 Å². The Balaban J connectivity index is 1.75. The van der Waals surface area contributed by atoms with Crippen LogP contribution in [-0.2, 0) is 9.53 Å². The first-order valence-corrected chi connectivity index (χ1v) is 7.20. The minimum absolute atomic E-state index is 0.136. The first kappa shape index (κ1) is 14.5. The molecule has 1 saturated heterocycles. The maximum Gasteiger partial charge on any atom is 0.249 e. The molecule has 100 valence electrons. The molecule has 0 aliphatic carbocycles. The van der Waals surface area contributed by atoms with Crippen LogP contribution in [0.15, 0.2) is 0 Å². The second-order valence-corrected chi connectivity index (χ2v) is 5.11. The molecule has 1 heterocycles. The molecule has 0 spiro atoms. The third-order valence-corrected chi connectivity index (χ3v) is 3.46. The van der Waals surface area contributed by atoms with Gasteiger partial charge in [0.2, 0.25) is 5.91 Å². The molecule has 1 aliphatic heterocycles. The van der Waals surface area contributed by atoms with Crippen LogP contribution in [0.5, 0.6) is 0 Å². The van der Waals surface area contributed by atoms with E-state index in [1.165, 1.54) is 57.8 Å². The number of epoxide rings is 1. The number of hydrogen-bond acceptors (Lipinski definition) is 2. The van der Waals surface area contributed by atoms with E-state index in [0.717, 1.165) is 6.42 Å². The smallest absolute Gasteiger partial charge is 0.249 e. The SMILES string of the molecule is CCCCCCCCCCC[C@@H]1O[C@H]1C(N)=O. The van der Waals surface area contributed by atoms with E-state index in [0.29, 0.717) is 0 Å². The fourth-order valence-corrected chi connectivity index (χ4v) is 2.27. The molecular weight excluding hydrogens is 214 g/mol. The number of carbonyl (C=O) groups excluding carboxylic acids is 1. The van der Waals surface area contributed by atoms with Crippen LogP contribution in [0.25, 0.3) is 0 Å². The van der Waals surface area contributed by atoms with Crippen LogP contribution in [0.2, 0.25) is 0 Å². The summed E-state index contributed by atoms with van der Waals surface area (Å²) in [7, 11) is 0. The Kier molecular flexibility index (Phi) is 7.25. The molecule has 1 rings (SSSR count). The Morgan fingerprint density at radius 2 is 1.53 bits per heavy atom. The van der Waals surface area contributed by atoms with Crippen LogP contribution in [0.1, 0.15) is 71.1 Å². The first-order valence-electron chi connectivity index (χ1n) is 7.20. The lowest BCUT2D eigenvalue weighted by molar-refractivity contribution is -0.119. The lowest BCUT2D eigenvalue weighted by Gasteiger charge is -2.00. The molecule has 2 atom stereocenters. The highest BCUT2D eigenvalue weighted by molar-refractivity contribution is 5.81. The number of unbranched alkanes of at least 4 members (excludes halogenated alkanes) is 8. The second-order valence-electron chi connectivity index (χ2n) is 5.11. The molecule has 0 aromatic rings. The molecule has 17 heavy (non-hydrogen) atoms. The lowest BCUT2D eigenvalue weighted by atomic mass is 10.1. The number of ether oxygens (including phenoxy) is 1. The minimum Gasteiger partial charge on any atom is -0.367 e. The zero-order chi connectivity index (χ0) is 12.5. The van der Waals surface area contributed by atoms with Crippen molar-refractivity contribution in [1.82, 2.24) is 0 Å². The Morgan fingerprint density at radius 3 is 2.00 bits per heavy atom. The average molecular weight is 241 g/mol. The van der Waals surface area contributed by atoms with Crippen molar-refractivity contribution < 1.29 is 9.53 Å².